The first kappa shape index (κ1) is 11.5. The molecule has 0 aromatic carbocycles. The van der Waals surface area contributed by atoms with Crippen LogP contribution >= 0.6 is 0 Å². The number of aromatic nitrogens is 4. The SMILES string of the molecule is CCCc1nn(C)c(NCc2ccn[nH]2)c1N. The number of aryl methyl sites for hydroxylation is 2. The van der Waals surface area contributed by atoms with Gasteiger partial charge in [-0.15, -0.1) is 0 Å². The molecule has 17 heavy (non-hydrogen) atoms. The number of nitrogens with two attached hydrogens (primary N) is 1. The van der Waals surface area contributed by atoms with Gasteiger partial charge < -0.3 is 11.1 Å². The van der Waals surface area contributed by atoms with Crippen molar-refractivity contribution >= 4 is 11.5 Å². The topological polar surface area (TPSA) is 84.5 Å². The van der Waals surface area contributed by atoms with Gasteiger partial charge in [0.05, 0.1) is 23.6 Å². The van der Waals surface area contributed by atoms with Crippen LogP contribution in [-0.2, 0) is 20.0 Å². The van der Waals surface area contributed by atoms with Gasteiger partial charge in [-0.25, -0.2) is 0 Å². The number of nitrogens with zero attached hydrogens (tertiary/aromatic N) is 3. The van der Waals surface area contributed by atoms with Crippen molar-refractivity contribution in [1.82, 2.24) is 20.0 Å². The van der Waals surface area contributed by atoms with E-state index in [0.29, 0.717) is 6.54 Å². The molecule has 0 spiro atoms. The lowest BCUT2D eigenvalue weighted by Gasteiger charge is -2.05. The number of nitrogens with one attached hydrogen (secondary N) is 2. The monoisotopic (exact) mass is 234 g/mol. The number of rotatable bonds is 5. The van der Waals surface area contributed by atoms with Gasteiger partial charge in [-0.1, -0.05) is 13.3 Å². The van der Waals surface area contributed by atoms with Crippen molar-refractivity contribution in [2.75, 3.05) is 11.1 Å². The first-order chi connectivity index (χ1) is 8.22. The van der Waals surface area contributed by atoms with Crippen LogP contribution in [-0.4, -0.2) is 20.0 Å². The number of hydrogen-bond acceptors (Lipinski definition) is 4. The summed E-state index contributed by atoms with van der Waals surface area (Å²) in [5.74, 6) is 0.864. The maximum absolute atomic E-state index is 6.06. The van der Waals surface area contributed by atoms with Gasteiger partial charge in [0, 0.05) is 13.2 Å². The lowest BCUT2D eigenvalue weighted by atomic mass is 10.2. The van der Waals surface area contributed by atoms with E-state index in [4.69, 9.17) is 5.73 Å². The average Bonchev–Trinajstić information content (AvgIpc) is 2.88. The number of aromatic amines is 1. The van der Waals surface area contributed by atoms with Crippen LogP contribution < -0.4 is 11.1 Å². The minimum atomic E-state index is 0.662. The van der Waals surface area contributed by atoms with Gasteiger partial charge in [0.25, 0.3) is 0 Å². The van der Waals surface area contributed by atoms with Crippen molar-refractivity contribution in [3.05, 3.63) is 23.7 Å². The Labute approximate surface area is 100 Å². The number of H-pyrrole nitrogens is 1. The maximum atomic E-state index is 6.06. The summed E-state index contributed by atoms with van der Waals surface area (Å²) in [5.41, 5.74) is 8.78. The first-order valence-electron chi connectivity index (χ1n) is 5.75. The molecule has 0 saturated carbocycles. The highest BCUT2D eigenvalue weighted by molar-refractivity contribution is 5.65. The Morgan fingerprint density at radius 1 is 1.53 bits per heavy atom. The van der Waals surface area contributed by atoms with Crippen molar-refractivity contribution in [3.8, 4) is 0 Å². The molecule has 0 aliphatic carbocycles. The molecule has 4 N–H and O–H groups in total. The molecule has 6 heteroatoms. The Morgan fingerprint density at radius 2 is 2.35 bits per heavy atom. The first-order valence-corrected chi connectivity index (χ1v) is 5.75. The third-order valence-corrected chi connectivity index (χ3v) is 2.65. The second kappa shape index (κ2) is 4.90. The molecule has 0 radical (unpaired) electrons. The molecule has 0 amide bonds. The molecule has 0 aliphatic rings. The summed E-state index contributed by atoms with van der Waals surface area (Å²) >= 11 is 0. The van der Waals surface area contributed by atoms with E-state index in [2.05, 4.69) is 27.5 Å². The normalized spacial score (nSPS) is 10.7. The molecule has 92 valence electrons. The number of hydrogen-bond donors (Lipinski definition) is 3. The van der Waals surface area contributed by atoms with Crippen molar-refractivity contribution in [3.63, 3.8) is 0 Å². The van der Waals surface area contributed by atoms with Crippen molar-refractivity contribution in [2.24, 2.45) is 7.05 Å². The van der Waals surface area contributed by atoms with E-state index in [1.54, 1.807) is 10.9 Å². The lowest BCUT2D eigenvalue weighted by molar-refractivity contribution is 0.734. The van der Waals surface area contributed by atoms with Crippen molar-refractivity contribution < 1.29 is 0 Å². The molecule has 0 bridgehead atoms. The molecule has 2 heterocycles. The summed E-state index contributed by atoms with van der Waals surface area (Å²) in [5, 5.41) is 14.5. The predicted octanol–water partition coefficient (Wildman–Crippen LogP) is 1.29. The highest BCUT2D eigenvalue weighted by Gasteiger charge is 2.12. The summed E-state index contributed by atoms with van der Waals surface area (Å²) < 4.78 is 1.79. The van der Waals surface area contributed by atoms with Crippen LogP contribution in [0.3, 0.4) is 0 Å². The van der Waals surface area contributed by atoms with Gasteiger partial charge in [-0.05, 0) is 12.5 Å². The fourth-order valence-electron chi connectivity index (χ4n) is 1.79. The highest BCUT2D eigenvalue weighted by Crippen LogP contribution is 2.23. The zero-order valence-corrected chi connectivity index (χ0v) is 10.2. The number of anilines is 2. The van der Waals surface area contributed by atoms with Crippen LogP contribution in [0.4, 0.5) is 11.5 Å². The molecule has 0 unspecified atom stereocenters. The highest BCUT2D eigenvalue weighted by atomic mass is 15.3. The van der Waals surface area contributed by atoms with E-state index in [0.717, 1.165) is 35.7 Å². The van der Waals surface area contributed by atoms with E-state index >= 15 is 0 Å². The minimum absolute atomic E-state index is 0.662. The van der Waals surface area contributed by atoms with Gasteiger partial charge in [0.2, 0.25) is 0 Å². The summed E-state index contributed by atoms with van der Waals surface area (Å²) in [4.78, 5) is 0. The van der Waals surface area contributed by atoms with Crippen LogP contribution in [0.25, 0.3) is 0 Å². The van der Waals surface area contributed by atoms with Crippen LogP contribution in [0.2, 0.25) is 0 Å². The Hall–Kier alpha value is -1.98. The third-order valence-electron chi connectivity index (χ3n) is 2.65. The molecule has 0 atom stereocenters. The zero-order chi connectivity index (χ0) is 12.3. The largest absolute Gasteiger partial charge is 0.394 e. The van der Waals surface area contributed by atoms with E-state index < -0.39 is 0 Å². The molecule has 6 nitrogen and oxygen atoms in total. The van der Waals surface area contributed by atoms with Crippen LogP contribution in [0.1, 0.15) is 24.7 Å². The smallest absolute Gasteiger partial charge is 0.148 e. The molecule has 0 aliphatic heterocycles. The Morgan fingerprint density at radius 3 is 3.00 bits per heavy atom. The molecule has 0 fully saturated rings. The van der Waals surface area contributed by atoms with Gasteiger partial charge in [-0.2, -0.15) is 10.2 Å². The van der Waals surface area contributed by atoms with Crippen LogP contribution in [0.5, 0.6) is 0 Å². The zero-order valence-electron chi connectivity index (χ0n) is 10.2. The second-order valence-electron chi connectivity index (χ2n) is 4.02. The van der Waals surface area contributed by atoms with Crippen molar-refractivity contribution in [2.45, 2.75) is 26.3 Å². The predicted molar refractivity (Wildman–Crippen MR) is 67.5 cm³/mol. The van der Waals surface area contributed by atoms with Gasteiger partial charge >= 0.3 is 0 Å². The summed E-state index contributed by atoms with van der Waals surface area (Å²) in [6, 6.07) is 1.92. The van der Waals surface area contributed by atoms with Crippen LogP contribution in [0.15, 0.2) is 12.3 Å². The van der Waals surface area contributed by atoms with E-state index in [-0.39, 0.29) is 0 Å². The average molecular weight is 234 g/mol. The molecular weight excluding hydrogens is 216 g/mol. The maximum Gasteiger partial charge on any atom is 0.148 e. The fraction of sp³-hybridized carbons (Fsp3) is 0.455. The molecule has 0 saturated heterocycles. The molecular formula is C11H18N6. The summed E-state index contributed by atoms with van der Waals surface area (Å²) in [6.07, 6.45) is 3.68. The van der Waals surface area contributed by atoms with Crippen LogP contribution in [0, 0.1) is 0 Å². The fourth-order valence-corrected chi connectivity index (χ4v) is 1.79. The quantitative estimate of drug-likeness (QED) is 0.727. The molecule has 2 aromatic rings. The number of nitrogen functional groups attached to an aromatic ring is 1. The molecule has 2 aromatic heterocycles. The second-order valence-corrected chi connectivity index (χ2v) is 4.02. The minimum Gasteiger partial charge on any atom is -0.394 e. The van der Waals surface area contributed by atoms with E-state index in [1.165, 1.54) is 0 Å². The van der Waals surface area contributed by atoms with E-state index in [9.17, 15) is 0 Å². The Balaban J connectivity index is 2.10. The van der Waals surface area contributed by atoms with Gasteiger partial charge in [-0.3, -0.25) is 9.78 Å². The van der Waals surface area contributed by atoms with Gasteiger partial charge in [0.15, 0.2) is 0 Å². The lowest BCUT2D eigenvalue weighted by Crippen LogP contribution is -2.06. The Kier molecular flexibility index (Phi) is 3.32. The summed E-state index contributed by atoms with van der Waals surface area (Å²) in [6.45, 7) is 2.78. The summed E-state index contributed by atoms with van der Waals surface area (Å²) in [7, 11) is 1.89. The van der Waals surface area contributed by atoms with E-state index in [1.807, 2.05) is 13.1 Å². The van der Waals surface area contributed by atoms with Crippen molar-refractivity contribution in [1.29, 1.82) is 0 Å². The standard InChI is InChI=1S/C11H18N6/c1-3-4-9-10(12)11(17(2)16-9)13-7-8-5-6-14-15-8/h5-6,13H,3-4,7,12H2,1-2H3,(H,14,15). The molecule has 2 rings (SSSR count). The van der Waals surface area contributed by atoms with Gasteiger partial charge in [0.1, 0.15) is 5.82 Å². The third kappa shape index (κ3) is 2.41. The Bertz CT molecular complexity index is 470.